The van der Waals surface area contributed by atoms with Crippen LogP contribution in [0.1, 0.15) is 10.4 Å². The largest absolute Gasteiger partial charge is 0.480 e. The van der Waals surface area contributed by atoms with Crippen LogP contribution in [0.3, 0.4) is 0 Å². The molecule has 0 saturated heterocycles. The second-order valence-corrected chi connectivity index (χ2v) is 3.89. The first-order valence-corrected chi connectivity index (χ1v) is 5.38. The molecule has 1 amide bonds. The first-order valence-electron chi connectivity index (χ1n) is 5.38. The Morgan fingerprint density at radius 3 is 2.58 bits per heavy atom. The molecule has 5 N–H and O–H groups in total. The lowest BCUT2D eigenvalue weighted by molar-refractivity contribution is -0.140. The van der Waals surface area contributed by atoms with E-state index < -0.39 is 30.2 Å². The number of amides is 1. The third-order valence-electron chi connectivity index (χ3n) is 2.56. The summed E-state index contributed by atoms with van der Waals surface area (Å²) in [5, 5.41) is 19.7. The molecule has 0 saturated carbocycles. The Morgan fingerprint density at radius 2 is 1.95 bits per heavy atom. The minimum atomic E-state index is -1.37. The number of aromatic nitrogens is 2. The van der Waals surface area contributed by atoms with Crippen LogP contribution in [-0.4, -0.2) is 44.7 Å². The van der Waals surface area contributed by atoms with E-state index in [9.17, 15) is 14.4 Å². The van der Waals surface area contributed by atoms with Gasteiger partial charge in [-0.3, -0.25) is 4.79 Å². The molecule has 2 aromatic rings. The van der Waals surface area contributed by atoms with Crippen LogP contribution in [0.25, 0.3) is 11.0 Å². The van der Waals surface area contributed by atoms with Crippen molar-refractivity contribution in [3.63, 3.8) is 0 Å². The number of carboxylic acid groups (broad SMARTS) is 1. The minimum Gasteiger partial charge on any atom is -0.480 e. The summed E-state index contributed by atoms with van der Waals surface area (Å²) in [6, 6.07) is 3.02. The van der Waals surface area contributed by atoms with Crippen LogP contribution in [0.5, 0.6) is 0 Å². The maximum absolute atomic E-state index is 11.8. The topological polar surface area (TPSA) is 135 Å². The number of carboxylic acids is 1. The van der Waals surface area contributed by atoms with Crippen LogP contribution in [0.15, 0.2) is 23.0 Å². The highest BCUT2D eigenvalue weighted by molar-refractivity contribution is 5.99. The summed E-state index contributed by atoms with van der Waals surface area (Å²) in [4.78, 5) is 38.5. The predicted octanol–water partition coefficient (Wildman–Crippen LogP) is -0.969. The molecule has 0 radical (unpaired) electrons. The zero-order chi connectivity index (χ0) is 14.0. The summed E-state index contributed by atoms with van der Waals surface area (Å²) in [6.07, 6.45) is 0. The molecule has 100 valence electrons. The molecular weight excluding hydrogens is 254 g/mol. The molecule has 1 aromatic heterocycles. The molecule has 0 fully saturated rings. The quantitative estimate of drug-likeness (QED) is 0.484. The normalized spacial score (nSPS) is 12.3. The molecule has 8 nitrogen and oxygen atoms in total. The Labute approximate surface area is 106 Å². The molecule has 1 aromatic carbocycles. The summed E-state index contributed by atoms with van der Waals surface area (Å²) in [6.45, 7) is -0.704. The fourth-order valence-corrected chi connectivity index (χ4v) is 1.60. The lowest BCUT2D eigenvalue weighted by Crippen LogP contribution is -2.43. The van der Waals surface area contributed by atoms with Crippen LogP contribution in [0.2, 0.25) is 0 Å². The fraction of sp³-hybridized carbons (Fsp3) is 0.182. The Balaban J connectivity index is 2.25. The molecular formula is C11H11N3O5. The molecule has 0 spiro atoms. The number of aliphatic carboxylic acids is 1. The van der Waals surface area contributed by atoms with Gasteiger partial charge in [-0.15, -0.1) is 0 Å². The zero-order valence-electron chi connectivity index (χ0n) is 9.64. The number of carbonyl (C=O) groups excluding carboxylic acids is 1. The van der Waals surface area contributed by atoms with Crippen molar-refractivity contribution in [2.24, 2.45) is 0 Å². The van der Waals surface area contributed by atoms with E-state index >= 15 is 0 Å². The van der Waals surface area contributed by atoms with Gasteiger partial charge in [0, 0.05) is 5.56 Å². The highest BCUT2D eigenvalue weighted by Crippen LogP contribution is 2.10. The highest BCUT2D eigenvalue weighted by Gasteiger charge is 2.19. The van der Waals surface area contributed by atoms with Crippen molar-refractivity contribution in [2.45, 2.75) is 6.04 Å². The van der Waals surface area contributed by atoms with E-state index in [1.807, 2.05) is 0 Å². The summed E-state index contributed by atoms with van der Waals surface area (Å²) < 4.78 is 0. The van der Waals surface area contributed by atoms with Crippen molar-refractivity contribution in [3.8, 4) is 0 Å². The number of aliphatic hydroxyl groups excluding tert-OH is 1. The predicted molar refractivity (Wildman–Crippen MR) is 64.9 cm³/mol. The number of carbonyl (C=O) groups is 2. The average Bonchev–Trinajstić information content (AvgIpc) is 2.74. The lowest BCUT2D eigenvalue weighted by atomic mass is 10.1. The van der Waals surface area contributed by atoms with Gasteiger partial charge in [0.25, 0.3) is 5.91 Å². The van der Waals surface area contributed by atoms with Crippen molar-refractivity contribution < 1.29 is 19.8 Å². The second-order valence-electron chi connectivity index (χ2n) is 3.89. The molecule has 19 heavy (non-hydrogen) atoms. The number of hydrogen-bond acceptors (Lipinski definition) is 4. The van der Waals surface area contributed by atoms with E-state index in [1.54, 1.807) is 0 Å². The van der Waals surface area contributed by atoms with Gasteiger partial charge in [-0.2, -0.15) is 0 Å². The SMILES string of the molecule is O=C(NC(CO)C(=O)O)c1ccc2[nH]c(=O)[nH]c2c1. The monoisotopic (exact) mass is 265 g/mol. The smallest absolute Gasteiger partial charge is 0.328 e. The summed E-state index contributed by atoms with van der Waals surface area (Å²) in [5.41, 5.74) is 0.765. The van der Waals surface area contributed by atoms with Crippen molar-refractivity contribution >= 4 is 22.9 Å². The number of benzene rings is 1. The van der Waals surface area contributed by atoms with E-state index in [1.165, 1.54) is 18.2 Å². The van der Waals surface area contributed by atoms with Gasteiger partial charge >= 0.3 is 11.7 Å². The van der Waals surface area contributed by atoms with Gasteiger partial charge in [0.2, 0.25) is 0 Å². The highest BCUT2D eigenvalue weighted by atomic mass is 16.4. The van der Waals surface area contributed by atoms with Gasteiger partial charge in [0.05, 0.1) is 17.6 Å². The van der Waals surface area contributed by atoms with Crippen molar-refractivity contribution in [3.05, 3.63) is 34.2 Å². The lowest BCUT2D eigenvalue weighted by Gasteiger charge is -2.11. The molecule has 0 bridgehead atoms. The number of imidazole rings is 1. The van der Waals surface area contributed by atoms with Gasteiger partial charge in [0.1, 0.15) is 0 Å². The maximum atomic E-state index is 11.8. The van der Waals surface area contributed by atoms with Gasteiger partial charge in [-0.05, 0) is 18.2 Å². The number of hydrogen-bond donors (Lipinski definition) is 5. The summed E-state index contributed by atoms with van der Waals surface area (Å²) >= 11 is 0. The zero-order valence-corrected chi connectivity index (χ0v) is 9.64. The maximum Gasteiger partial charge on any atom is 0.328 e. The minimum absolute atomic E-state index is 0.183. The molecule has 1 heterocycles. The van der Waals surface area contributed by atoms with E-state index in [2.05, 4.69) is 15.3 Å². The Morgan fingerprint density at radius 1 is 1.26 bits per heavy atom. The first-order chi connectivity index (χ1) is 9.01. The Hall–Kier alpha value is -2.61. The van der Waals surface area contributed by atoms with E-state index in [0.29, 0.717) is 11.0 Å². The van der Waals surface area contributed by atoms with Crippen LogP contribution >= 0.6 is 0 Å². The first kappa shape index (κ1) is 12.8. The van der Waals surface area contributed by atoms with Crippen LogP contribution in [-0.2, 0) is 4.79 Å². The van der Waals surface area contributed by atoms with E-state index in [0.717, 1.165) is 0 Å². The van der Waals surface area contributed by atoms with Gasteiger partial charge < -0.3 is 25.5 Å². The second kappa shape index (κ2) is 4.94. The van der Waals surface area contributed by atoms with Crippen LogP contribution in [0.4, 0.5) is 0 Å². The van der Waals surface area contributed by atoms with Gasteiger partial charge in [-0.1, -0.05) is 0 Å². The van der Waals surface area contributed by atoms with Gasteiger partial charge in [-0.25, -0.2) is 9.59 Å². The Kier molecular flexibility index (Phi) is 3.34. The molecule has 8 heteroatoms. The van der Waals surface area contributed by atoms with Gasteiger partial charge in [0.15, 0.2) is 6.04 Å². The summed E-state index contributed by atoms with van der Waals surface area (Å²) in [5.74, 6) is -1.97. The fourth-order valence-electron chi connectivity index (χ4n) is 1.60. The molecule has 0 aliphatic carbocycles. The number of aliphatic hydroxyl groups is 1. The molecule has 2 rings (SSSR count). The van der Waals surface area contributed by atoms with Crippen LogP contribution in [0, 0.1) is 0 Å². The van der Waals surface area contributed by atoms with E-state index in [-0.39, 0.29) is 5.56 Å². The van der Waals surface area contributed by atoms with Crippen molar-refractivity contribution in [1.82, 2.24) is 15.3 Å². The van der Waals surface area contributed by atoms with Crippen LogP contribution < -0.4 is 11.0 Å². The average molecular weight is 265 g/mol. The number of aromatic amines is 2. The standard InChI is InChI=1S/C11H11N3O5/c15-4-8(10(17)18)12-9(16)5-1-2-6-7(3-5)14-11(19)13-6/h1-3,8,15H,4H2,(H,12,16)(H,17,18)(H2,13,14,19). The van der Waals surface area contributed by atoms with E-state index in [4.69, 9.17) is 10.2 Å². The molecule has 0 aliphatic rings. The number of nitrogens with one attached hydrogen (secondary N) is 3. The van der Waals surface area contributed by atoms with Crippen molar-refractivity contribution in [2.75, 3.05) is 6.61 Å². The van der Waals surface area contributed by atoms with Crippen molar-refractivity contribution in [1.29, 1.82) is 0 Å². The number of fused-ring (bicyclic) bond motifs is 1. The third-order valence-corrected chi connectivity index (χ3v) is 2.56. The molecule has 1 atom stereocenters. The molecule has 1 unspecified atom stereocenters. The third kappa shape index (κ3) is 2.63. The summed E-state index contributed by atoms with van der Waals surface area (Å²) in [7, 11) is 0. The molecule has 0 aliphatic heterocycles. The Bertz CT molecular complexity index is 687. The number of rotatable bonds is 4. The number of H-pyrrole nitrogens is 2.